The molecule has 0 fully saturated rings. The fourth-order valence-electron chi connectivity index (χ4n) is 3.65. The first-order valence-corrected chi connectivity index (χ1v) is 9.93. The molecule has 0 atom stereocenters. The highest BCUT2D eigenvalue weighted by molar-refractivity contribution is 6.31. The summed E-state index contributed by atoms with van der Waals surface area (Å²) >= 11 is 5.88. The number of hydrogen-bond donors (Lipinski definition) is 0. The highest BCUT2D eigenvalue weighted by Gasteiger charge is 2.28. The molecule has 7 nitrogen and oxygen atoms in total. The van der Waals surface area contributed by atoms with Crippen molar-refractivity contribution in [3.8, 4) is 0 Å². The molecule has 1 amide bonds. The van der Waals surface area contributed by atoms with Gasteiger partial charge >= 0.3 is 5.97 Å². The maximum atomic E-state index is 13.2. The number of nitro groups is 1. The Labute approximate surface area is 183 Å². The molecule has 1 aliphatic rings. The van der Waals surface area contributed by atoms with Gasteiger partial charge in [0.15, 0.2) is 6.61 Å². The van der Waals surface area contributed by atoms with Crippen LogP contribution < -0.4 is 4.90 Å². The summed E-state index contributed by atoms with van der Waals surface area (Å²) in [5, 5.41) is 11.4. The second-order valence-electron chi connectivity index (χ2n) is 6.98. The van der Waals surface area contributed by atoms with Gasteiger partial charge in [0.2, 0.25) is 0 Å². The second-order valence-corrected chi connectivity index (χ2v) is 7.42. The third kappa shape index (κ3) is 4.13. The smallest absolute Gasteiger partial charge is 0.345 e. The van der Waals surface area contributed by atoms with Gasteiger partial charge in [-0.1, -0.05) is 48.0 Å². The van der Waals surface area contributed by atoms with Crippen LogP contribution in [0.4, 0.5) is 17.1 Å². The fraction of sp³-hybridized carbons (Fsp3) is 0.130. The van der Waals surface area contributed by atoms with Gasteiger partial charge in [-0.15, -0.1) is 0 Å². The minimum absolute atomic E-state index is 0.152. The van der Waals surface area contributed by atoms with Crippen LogP contribution in [-0.4, -0.2) is 23.4 Å². The van der Waals surface area contributed by atoms with E-state index in [0.717, 1.165) is 47.5 Å². The van der Waals surface area contributed by atoms with E-state index < -0.39 is 29.1 Å². The predicted molar refractivity (Wildman–Crippen MR) is 116 cm³/mol. The van der Waals surface area contributed by atoms with Crippen molar-refractivity contribution in [3.63, 3.8) is 0 Å². The molecule has 3 aromatic rings. The van der Waals surface area contributed by atoms with Gasteiger partial charge < -0.3 is 4.74 Å². The third-order valence-electron chi connectivity index (χ3n) is 5.08. The van der Waals surface area contributed by atoms with Crippen molar-refractivity contribution in [2.75, 3.05) is 11.5 Å². The lowest BCUT2D eigenvalue weighted by molar-refractivity contribution is -0.385. The molecule has 156 valence electrons. The van der Waals surface area contributed by atoms with E-state index in [1.807, 2.05) is 48.5 Å². The van der Waals surface area contributed by atoms with Crippen LogP contribution >= 0.6 is 11.6 Å². The number of aryl methyl sites for hydroxylation is 2. The molecule has 31 heavy (non-hydrogen) atoms. The van der Waals surface area contributed by atoms with Gasteiger partial charge in [-0.05, 0) is 48.2 Å². The molecule has 4 rings (SSSR count). The summed E-state index contributed by atoms with van der Waals surface area (Å²) in [6.07, 6.45) is 1.54. The lowest BCUT2D eigenvalue weighted by atomic mass is 10.0. The van der Waals surface area contributed by atoms with Crippen molar-refractivity contribution in [2.24, 2.45) is 0 Å². The summed E-state index contributed by atoms with van der Waals surface area (Å²) in [4.78, 5) is 37.8. The molecule has 0 aromatic heterocycles. The minimum atomic E-state index is -0.987. The first-order valence-electron chi connectivity index (χ1n) is 9.55. The Bertz CT molecular complexity index is 1150. The van der Waals surface area contributed by atoms with Crippen LogP contribution in [0, 0.1) is 10.1 Å². The Balaban J connectivity index is 1.62. The molecule has 0 aliphatic carbocycles. The zero-order valence-electron chi connectivity index (χ0n) is 16.3. The van der Waals surface area contributed by atoms with Gasteiger partial charge in [-0.25, -0.2) is 4.79 Å². The number of ether oxygens (including phenoxy) is 1. The van der Waals surface area contributed by atoms with E-state index in [1.165, 1.54) is 11.0 Å². The summed E-state index contributed by atoms with van der Waals surface area (Å²) in [5.41, 5.74) is 2.71. The van der Waals surface area contributed by atoms with E-state index in [4.69, 9.17) is 16.3 Å². The molecule has 0 radical (unpaired) electrons. The normalized spacial score (nSPS) is 12.4. The van der Waals surface area contributed by atoms with Crippen molar-refractivity contribution in [3.05, 3.63) is 98.6 Å². The third-order valence-corrected chi connectivity index (χ3v) is 5.32. The largest absolute Gasteiger partial charge is 0.452 e. The van der Waals surface area contributed by atoms with E-state index in [2.05, 4.69) is 0 Å². The Morgan fingerprint density at radius 3 is 2.13 bits per heavy atom. The maximum absolute atomic E-state index is 13.2. The number of para-hydroxylation sites is 2. The zero-order valence-corrected chi connectivity index (χ0v) is 17.0. The summed E-state index contributed by atoms with van der Waals surface area (Å²) in [6.45, 7) is -0.578. The molecule has 8 heteroatoms. The van der Waals surface area contributed by atoms with Crippen molar-refractivity contribution >= 4 is 40.5 Å². The van der Waals surface area contributed by atoms with Crippen LogP contribution in [0.3, 0.4) is 0 Å². The standard InChI is InChI=1S/C23H17ClN2O5/c24-17-11-12-21(26(29)30)18(13-17)23(28)31-14-22(27)25-19-7-3-1-5-15(19)9-10-16-6-2-4-8-20(16)25/h1-8,11-13H,9-10,14H2. The lowest BCUT2D eigenvalue weighted by Gasteiger charge is -2.24. The number of hydrogen-bond acceptors (Lipinski definition) is 5. The van der Waals surface area contributed by atoms with E-state index >= 15 is 0 Å². The summed E-state index contributed by atoms with van der Waals surface area (Å²) < 4.78 is 5.17. The van der Waals surface area contributed by atoms with Gasteiger partial charge in [-0.2, -0.15) is 0 Å². The average molecular weight is 437 g/mol. The highest BCUT2D eigenvalue weighted by Crippen LogP contribution is 2.36. The number of anilines is 2. The van der Waals surface area contributed by atoms with Gasteiger partial charge in [0.1, 0.15) is 5.56 Å². The van der Waals surface area contributed by atoms with Crippen LogP contribution in [0.2, 0.25) is 5.02 Å². The minimum Gasteiger partial charge on any atom is -0.452 e. The van der Waals surface area contributed by atoms with Crippen molar-refractivity contribution in [1.29, 1.82) is 0 Å². The monoisotopic (exact) mass is 436 g/mol. The van der Waals surface area contributed by atoms with Gasteiger partial charge in [0.25, 0.3) is 11.6 Å². The van der Waals surface area contributed by atoms with Gasteiger partial charge in [0.05, 0.1) is 16.3 Å². The number of nitro benzene ring substituents is 1. The van der Waals surface area contributed by atoms with E-state index in [0.29, 0.717) is 0 Å². The number of fused-ring (bicyclic) bond motifs is 2. The van der Waals surface area contributed by atoms with Crippen LogP contribution in [-0.2, 0) is 22.4 Å². The average Bonchev–Trinajstić information content (AvgIpc) is 2.94. The molecule has 0 spiro atoms. The van der Waals surface area contributed by atoms with E-state index in [1.54, 1.807) is 0 Å². The quantitative estimate of drug-likeness (QED) is 0.330. The van der Waals surface area contributed by atoms with Crippen molar-refractivity contribution in [2.45, 2.75) is 12.8 Å². The SMILES string of the molecule is O=C(OCC(=O)N1c2ccccc2CCc2ccccc21)c1cc(Cl)ccc1[N+](=O)[O-]. The van der Waals surface area contributed by atoms with E-state index in [9.17, 15) is 19.7 Å². The number of amides is 1. The Morgan fingerprint density at radius 1 is 0.968 bits per heavy atom. The fourth-order valence-corrected chi connectivity index (χ4v) is 3.82. The number of rotatable bonds is 4. The Hall–Kier alpha value is -3.71. The Morgan fingerprint density at radius 2 is 1.55 bits per heavy atom. The second kappa shape index (κ2) is 8.57. The molecular weight excluding hydrogens is 420 g/mol. The topological polar surface area (TPSA) is 89.8 Å². The molecule has 0 saturated heterocycles. The number of esters is 1. The van der Waals surface area contributed by atoms with Crippen LogP contribution in [0.15, 0.2) is 66.7 Å². The molecule has 0 unspecified atom stereocenters. The summed E-state index contributed by atoms with van der Waals surface area (Å²) in [6, 6.07) is 18.7. The highest BCUT2D eigenvalue weighted by atomic mass is 35.5. The zero-order chi connectivity index (χ0) is 22.0. The molecule has 0 bridgehead atoms. The number of nitrogens with zero attached hydrogens (tertiary/aromatic N) is 2. The number of carbonyl (C=O) groups excluding carboxylic acids is 2. The van der Waals surface area contributed by atoms with Crippen LogP contribution in [0.25, 0.3) is 0 Å². The van der Waals surface area contributed by atoms with Gasteiger partial charge in [-0.3, -0.25) is 19.8 Å². The number of carbonyl (C=O) groups is 2. The molecule has 0 N–H and O–H groups in total. The lowest BCUT2D eigenvalue weighted by Crippen LogP contribution is -2.31. The Kier molecular flexibility index (Phi) is 5.68. The first kappa shape index (κ1) is 20.6. The molecule has 0 saturated carbocycles. The van der Waals surface area contributed by atoms with Crippen LogP contribution in [0.1, 0.15) is 21.5 Å². The van der Waals surface area contributed by atoms with Crippen LogP contribution in [0.5, 0.6) is 0 Å². The molecule has 3 aromatic carbocycles. The molecular formula is C23H17ClN2O5. The first-order chi connectivity index (χ1) is 15.0. The summed E-state index contributed by atoms with van der Waals surface area (Å²) in [7, 11) is 0. The van der Waals surface area contributed by atoms with Crippen molar-refractivity contribution in [1.82, 2.24) is 0 Å². The number of benzene rings is 3. The predicted octanol–water partition coefficient (Wildman–Crippen LogP) is 4.87. The maximum Gasteiger partial charge on any atom is 0.345 e. The molecule has 1 heterocycles. The number of halogens is 1. The summed E-state index contributed by atoms with van der Waals surface area (Å²) in [5.74, 6) is -1.45. The molecule has 1 aliphatic heterocycles. The van der Waals surface area contributed by atoms with Crippen molar-refractivity contribution < 1.29 is 19.2 Å². The van der Waals surface area contributed by atoms with E-state index in [-0.39, 0.29) is 10.6 Å². The van der Waals surface area contributed by atoms with Gasteiger partial charge in [0, 0.05) is 11.1 Å².